The first-order valence-electron chi connectivity index (χ1n) is 14.3. The quantitative estimate of drug-likeness (QED) is 0.198. The molecule has 1 heterocycles. The van der Waals surface area contributed by atoms with E-state index in [1.54, 1.807) is 6.92 Å². The summed E-state index contributed by atoms with van der Waals surface area (Å²) in [5.41, 5.74) is 15.3. The van der Waals surface area contributed by atoms with Crippen LogP contribution in [0, 0.1) is 30.1 Å². The SMILES string of the molecule is CCCCC(CC)CN(CC(CC)CCCC)c1ccc(N)c(NC(=O)CC)c1.Cc1nsc(N)c1C#N. The lowest BCUT2D eigenvalue weighted by molar-refractivity contribution is -0.115. The van der Waals surface area contributed by atoms with Gasteiger partial charge >= 0.3 is 0 Å². The molecule has 1 aromatic heterocycles. The smallest absolute Gasteiger partial charge is 0.224 e. The van der Waals surface area contributed by atoms with Crippen LogP contribution in [0.3, 0.4) is 0 Å². The zero-order chi connectivity index (χ0) is 28.5. The van der Waals surface area contributed by atoms with Crippen LogP contribution in [0.1, 0.15) is 104 Å². The van der Waals surface area contributed by atoms with Gasteiger partial charge in [0.1, 0.15) is 16.6 Å². The van der Waals surface area contributed by atoms with Crippen LogP contribution in [0.4, 0.5) is 22.1 Å². The number of nitriles is 1. The Morgan fingerprint density at radius 1 is 1.05 bits per heavy atom. The molecule has 212 valence electrons. The number of hydrogen-bond donors (Lipinski definition) is 3. The van der Waals surface area contributed by atoms with Crippen molar-refractivity contribution in [3.05, 3.63) is 29.5 Å². The fraction of sp³-hybridized carbons (Fsp3) is 0.633. The molecule has 0 fully saturated rings. The maximum Gasteiger partial charge on any atom is 0.224 e. The minimum Gasteiger partial charge on any atom is -0.397 e. The zero-order valence-corrected chi connectivity index (χ0v) is 25.3. The Balaban J connectivity index is 0.000000671. The molecule has 0 spiro atoms. The maximum atomic E-state index is 11.9. The third kappa shape index (κ3) is 11.3. The van der Waals surface area contributed by atoms with E-state index in [0.717, 1.165) is 36.0 Å². The number of aryl methyl sites for hydroxylation is 1. The van der Waals surface area contributed by atoms with Crippen LogP contribution >= 0.6 is 11.5 Å². The summed E-state index contributed by atoms with van der Waals surface area (Å²) < 4.78 is 3.88. The van der Waals surface area contributed by atoms with Gasteiger partial charge in [-0.05, 0) is 61.3 Å². The number of anilines is 4. The molecule has 0 radical (unpaired) electrons. The van der Waals surface area contributed by atoms with E-state index in [1.165, 1.54) is 57.1 Å². The highest BCUT2D eigenvalue weighted by Gasteiger charge is 2.18. The molecule has 38 heavy (non-hydrogen) atoms. The summed E-state index contributed by atoms with van der Waals surface area (Å²) in [6.07, 6.45) is 10.5. The lowest BCUT2D eigenvalue weighted by Gasteiger charge is -2.33. The molecule has 0 aliphatic rings. The van der Waals surface area contributed by atoms with E-state index in [9.17, 15) is 4.79 Å². The third-order valence-electron chi connectivity index (χ3n) is 7.04. The maximum absolute atomic E-state index is 11.9. The van der Waals surface area contributed by atoms with Crippen LogP contribution in [0.2, 0.25) is 0 Å². The summed E-state index contributed by atoms with van der Waals surface area (Å²) >= 11 is 1.16. The number of carbonyl (C=O) groups is 1. The minimum absolute atomic E-state index is 0.00385. The fourth-order valence-electron chi connectivity index (χ4n) is 4.35. The number of rotatable bonds is 15. The van der Waals surface area contributed by atoms with Crippen molar-refractivity contribution in [2.75, 3.05) is 34.8 Å². The minimum atomic E-state index is 0.00385. The van der Waals surface area contributed by atoms with E-state index < -0.39 is 0 Å². The third-order valence-corrected chi connectivity index (χ3v) is 7.81. The average molecular weight is 543 g/mol. The Morgan fingerprint density at radius 2 is 1.63 bits per heavy atom. The molecular formula is C30H50N6OS. The first kappa shape index (κ1) is 33.2. The van der Waals surface area contributed by atoms with Crippen LogP contribution in [-0.2, 0) is 4.79 Å². The summed E-state index contributed by atoms with van der Waals surface area (Å²) in [5.74, 6) is 1.40. The molecule has 2 rings (SSSR count). The molecular weight excluding hydrogens is 492 g/mol. The highest BCUT2D eigenvalue weighted by molar-refractivity contribution is 7.10. The molecule has 0 aliphatic heterocycles. The lowest BCUT2D eigenvalue weighted by Crippen LogP contribution is -2.34. The number of aromatic nitrogens is 1. The number of hydrogen-bond acceptors (Lipinski definition) is 7. The van der Waals surface area contributed by atoms with E-state index in [1.807, 2.05) is 19.1 Å². The van der Waals surface area contributed by atoms with Gasteiger partial charge in [0, 0.05) is 25.2 Å². The van der Waals surface area contributed by atoms with Gasteiger partial charge in [0.05, 0.1) is 17.1 Å². The molecule has 2 aromatic rings. The second kappa shape index (κ2) is 18.5. The lowest BCUT2D eigenvalue weighted by atomic mass is 9.95. The number of nitrogen functional groups attached to an aromatic ring is 2. The van der Waals surface area contributed by atoms with Crippen LogP contribution in [-0.4, -0.2) is 23.4 Å². The molecule has 1 aromatic carbocycles. The van der Waals surface area contributed by atoms with Crippen molar-refractivity contribution in [3.63, 3.8) is 0 Å². The van der Waals surface area contributed by atoms with Crippen molar-refractivity contribution in [1.29, 1.82) is 5.26 Å². The molecule has 7 nitrogen and oxygen atoms in total. The van der Waals surface area contributed by atoms with Crippen molar-refractivity contribution in [2.45, 2.75) is 99.3 Å². The van der Waals surface area contributed by atoms with Gasteiger partial charge in [-0.2, -0.15) is 9.64 Å². The molecule has 0 saturated carbocycles. The molecule has 0 bridgehead atoms. The van der Waals surface area contributed by atoms with E-state index in [0.29, 0.717) is 34.5 Å². The first-order chi connectivity index (χ1) is 18.2. The van der Waals surface area contributed by atoms with E-state index >= 15 is 0 Å². The number of nitrogens with two attached hydrogens (primary N) is 2. The van der Waals surface area contributed by atoms with Gasteiger partial charge in [0.2, 0.25) is 5.91 Å². The summed E-state index contributed by atoms with van der Waals surface area (Å²) in [4.78, 5) is 14.5. The van der Waals surface area contributed by atoms with Gasteiger partial charge < -0.3 is 21.7 Å². The molecule has 1 amide bonds. The van der Waals surface area contributed by atoms with E-state index in [2.05, 4.69) is 54.4 Å². The second-order valence-corrected chi connectivity index (χ2v) is 10.8. The van der Waals surface area contributed by atoms with Crippen LogP contribution in [0.25, 0.3) is 0 Å². The topological polar surface area (TPSA) is 121 Å². The van der Waals surface area contributed by atoms with Crippen molar-refractivity contribution in [3.8, 4) is 6.07 Å². The van der Waals surface area contributed by atoms with Gasteiger partial charge in [-0.25, -0.2) is 0 Å². The number of nitrogens with zero attached hydrogens (tertiary/aromatic N) is 3. The fourth-order valence-corrected chi connectivity index (χ4v) is 4.97. The predicted octanol–water partition coefficient (Wildman–Crippen LogP) is 7.76. The average Bonchev–Trinajstić information content (AvgIpc) is 3.25. The standard InChI is InChI=1S/C25H45N3O.C5H5N3S/c1-6-11-13-20(8-3)18-28(19-21(9-4)14-12-7-2)22-15-16-23(26)24(17-22)27-25(29)10-5;1-3-4(2-6)5(7)9-8-3/h15-17,20-21H,6-14,18-19,26H2,1-5H3,(H,27,29);7H2,1H3. The predicted molar refractivity (Wildman–Crippen MR) is 165 cm³/mol. The monoisotopic (exact) mass is 542 g/mol. The number of amides is 1. The Morgan fingerprint density at radius 3 is 2.03 bits per heavy atom. The molecule has 0 saturated heterocycles. The van der Waals surface area contributed by atoms with E-state index in [4.69, 9.17) is 16.7 Å². The Kier molecular flexibility index (Phi) is 16.1. The van der Waals surface area contributed by atoms with Crippen molar-refractivity contribution < 1.29 is 4.79 Å². The van der Waals surface area contributed by atoms with E-state index in [-0.39, 0.29) is 5.91 Å². The highest BCUT2D eigenvalue weighted by Crippen LogP contribution is 2.29. The Bertz CT molecular complexity index is 962. The van der Waals surface area contributed by atoms with Crippen LogP contribution in [0.15, 0.2) is 18.2 Å². The van der Waals surface area contributed by atoms with Crippen molar-refractivity contribution >= 4 is 39.5 Å². The highest BCUT2D eigenvalue weighted by atomic mass is 32.1. The summed E-state index contributed by atoms with van der Waals surface area (Å²) in [7, 11) is 0. The first-order valence-corrected chi connectivity index (χ1v) is 15.1. The Hall–Kier alpha value is -2.79. The summed E-state index contributed by atoms with van der Waals surface area (Å²) in [6, 6.07) is 8.10. The van der Waals surface area contributed by atoms with Gasteiger partial charge in [0.25, 0.3) is 0 Å². The van der Waals surface area contributed by atoms with Gasteiger partial charge in [0.15, 0.2) is 0 Å². The number of nitrogens with one attached hydrogen (secondary N) is 1. The molecule has 2 atom stereocenters. The zero-order valence-electron chi connectivity index (χ0n) is 24.5. The Labute approximate surface area is 235 Å². The molecule has 2 unspecified atom stereocenters. The number of unbranched alkanes of at least 4 members (excludes halogenated alkanes) is 2. The van der Waals surface area contributed by atoms with Crippen molar-refractivity contribution in [1.82, 2.24) is 4.37 Å². The normalized spacial score (nSPS) is 12.1. The summed E-state index contributed by atoms with van der Waals surface area (Å²) in [6.45, 7) is 14.9. The van der Waals surface area contributed by atoms with Gasteiger partial charge in [-0.15, -0.1) is 0 Å². The second-order valence-electron chi connectivity index (χ2n) is 10.0. The molecule has 0 aliphatic carbocycles. The summed E-state index contributed by atoms with van der Waals surface area (Å²) in [5, 5.41) is 11.9. The van der Waals surface area contributed by atoms with Gasteiger partial charge in [-0.3, -0.25) is 4.79 Å². The number of benzene rings is 1. The van der Waals surface area contributed by atoms with Crippen molar-refractivity contribution in [2.24, 2.45) is 11.8 Å². The largest absolute Gasteiger partial charge is 0.397 e. The molecule has 8 heteroatoms. The van der Waals surface area contributed by atoms with Crippen LogP contribution in [0.5, 0.6) is 0 Å². The van der Waals surface area contributed by atoms with Gasteiger partial charge in [-0.1, -0.05) is 73.1 Å². The van der Waals surface area contributed by atoms with Crippen LogP contribution < -0.4 is 21.7 Å². The molecule has 5 N–H and O–H groups in total. The number of carbonyl (C=O) groups excluding carboxylic acids is 1.